The fourth-order valence-electron chi connectivity index (χ4n) is 3.12. The lowest BCUT2D eigenvalue weighted by Crippen LogP contribution is -2.60. The lowest BCUT2D eigenvalue weighted by atomic mass is 9.93. The highest BCUT2D eigenvalue weighted by atomic mass is 35.5. The van der Waals surface area contributed by atoms with E-state index in [9.17, 15) is 35.5 Å². The molecule has 3 heterocycles. The molecule has 0 saturated carbocycles. The Bertz CT molecular complexity index is 1170. The van der Waals surface area contributed by atoms with Crippen LogP contribution in [0.1, 0.15) is 41.3 Å². The monoisotopic (exact) mass is 512 g/mol. The van der Waals surface area contributed by atoms with Gasteiger partial charge in [0.05, 0.1) is 23.6 Å². The molecule has 0 bridgehead atoms. The van der Waals surface area contributed by atoms with E-state index < -0.39 is 75.9 Å². The number of nitrogens with zero attached hydrogens (tertiary/aromatic N) is 3. The van der Waals surface area contributed by atoms with Crippen molar-refractivity contribution in [3.05, 3.63) is 57.9 Å². The third-order valence-corrected chi connectivity index (χ3v) is 5.52. The van der Waals surface area contributed by atoms with Gasteiger partial charge in [-0.1, -0.05) is 11.6 Å². The summed E-state index contributed by atoms with van der Waals surface area (Å²) in [6.07, 6.45) is -9.69. The van der Waals surface area contributed by atoms with Crippen LogP contribution < -0.4 is 5.73 Å². The van der Waals surface area contributed by atoms with E-state index in [0.29, 0.717) is 19.2 Å². The van der Waals surface area contributed by atoms with Gasteiger partial charge in [0.15, 0.2) is 5.78 Å². The number of aromatic nitrogens is 2. The van der Waals surface area contributed by atoms with Crippen LogP contribution in [0.4, 0.5) is 30.7 Å². The topological polar surface area (TPSA) is 90.5 Å². The van der Waals surface area contributed by atoms with Gasteiger partial charge >= 0.3 is 12.4 Å². The van der Waals surface area contributed by atoms with Crippen LogP contribution in [0.25, 0.3) is 0 Å². The van der Waals surface area contributed by atoms with Gasteiger partial charge in [-0.25, -0.2) is 4.39 Å². The largest absolute Gasteiger partial charge is 0.424 e. The fraction of sp³-hybridized carbons (Fsp3) is 0.400. The number of aliphatic imine (C=N–C) groups is 1. The molecular weight excluding hydrogens is 497 g/mol. The molecule has 6 nitrogen and oxygen atoms in total. The zero-order chi connectivity index (χ0) is 25.7. The molecule has 2 N–H and O–H groups in total. The highest BCUT2D eigenvalue weighted by molar-refractivity contribution is 6.33. The molecular formula is C20H16ClF7N4O2. The van der Waals surface area contributed by atoms with Crippen molar-refractivity contribution in [1.29, 1.82) is 0 Å². The molecule has 0 fully saturated rings. The number of ketones is 1. The Morgan fingerprint density at radius 2 is 1.85 bits per heavy atom. The Balaban J connectivity index is 1.91. The van der Waals surface area contributed by atoms with E-state index in [1.807, 2.05) is 0 Å². The summed E-state index contributed by atoms with van der Waals surface area (Å²) in [7, 11) is 0. The van der Waals surface area contributed by atoms with Crippen molar-refractivity contribution >= 4 is 23.2 Å². The minimum Gasteiger partial charge on any atom is -0.385 e. The highest BCUT2D eigenvalue weighted by Crippen LogP contribution is 2.41. The first-order valence-electron chi connectivity index (χ1n) is 9.46. The summed E-state index contributed by atoms with van der Waals surface area (Å²) in [5.74, 6) is -2.70. The molecule has 0 saturated heterocycles. The summed E-state index contributed by atoms with van der Waals surface area (Å²) in [5.41, 5.74) is -1.21. The number of nitrogens with two attached hydrogens (primary N) is 1. The van der Waals surface area contributed by atoms with Crippen molar-refractivity contribution in [1.82, 2.24) is 9.97 Å². The predicted octanol–water partition coefficient (Wildman–Crippen LogP) is 4.64. The molecule has 1 aliphatic heterocycles. The average molecular weight is 513 g/mol. The van der Waals surface area contributed by atoms with Crippen molar-refractivity contribution in [3.8, 4) is 0 Å². The van der Waals surface area contributed by atoms with Crippen molar-refractivity contribution in [2.75, 3.05) is 6.61 Å². The fourth-order valence-corrected chi connectivity index (χ4v) is 3.39. The lowest BCUT2D eigenvalue weighted by molar-refractivity contribution is -0.249. The van der Waals surface area contributed by atoms with Gasteiger partial charge in [-0.3, -0.25) is 19.8 Å². The number of hydrogen-bond acceptors (Lipinski definition) is 6. The van der Waals surface area contributed by atoms with E-state index in [0.717, 1.165) is 12.1 Å². The maximum atomic E-state index is 14.6. The Morgan fingerprint density at radius 1 is 1.21 bits per heavy atom. The molecule has 0 aliphatic carbocycles. The molecule has 0 amide bonds. The number of carbonyl (C=O) groups excluding carboxylic acids is 1. The number of carbonyl (C=O) groups is 1. The van der Waals surface area contributed by atoms with Gasteiger partial charge in [-0.15, -0.1) is 0 Å². The van der Waals surface area contributed by atoms with Gasteiger partial charge < -0.3 is 10.5 Å². The van der Waals surface area contributed by atoms with Gasteiger partial charge in [0.1, 0.15) is 28.6 Å². The number of ether oxygens (including phenoxy) is 1. The Labute approximate surface area is 193 Å². The number of amidine groups is 1. The average Bonchev–Trinajstić information content (AvgIpc) is 2.70. The summed E-state index contributed by atoms with van der Waals surface area (Å²) in [4.78, 5) is 23.8. The molecule has 0 unspecified atom stereocenters. The number of halogens is 8. The molecule has 1 aliphatic rings. The summed E-state index contributed by atoms with van der Waals surface area (Å²) >= 11 is 5.77. The highest BCUT2D eigenvalue weighted by Gasteiger charge is 2.59. The van der Waals surface area contributed by atoms with Crippen LogP contribution in [0.2, 0.25) is 5.02 Å². The smallest absolute Gasteiger partial charge is 0.385 e. The maximum Gasteiger partial charge on any atom is 0.424 e. The normalized spacial score (nSPS) is 23.5. The zero-order valence-electron chi connectivity index (χ0n) is 17.5. The molecule has 0 radical (unpaired) electrons. The molecule has 184 valence electrons. The van der Waals surface area contributed by atoms with Crippen molar-refractivity contribution in [3.63, 3.8) is 0 Å². The SMILES string of the molecule is C[C@@]1(c2nc(CC(=O)c3ncc(C(F)(F)F)cc3Cl)ccc2F)CO[C@@](C)(C(F)(F)F)C(N)=N1. The van der Waals surface area contributed by atoms with Crippen molar-refractivity contribution < 1.29 is 40.3 Å². The molecule has 2 aromatic heterocycles. The first-order valence-corrected chi connectivity index (χ1v) is 9.84. The summed E-state index contributed by atoms with van der Waals surface area (Å²) < 4.78 is 97.7. The van der Waals surface area contributed by atoms with Crippen LogP contribution in [-0.4, -0.2) is 40.0 Å². The third kappa shape index (κ3) is 4.71. The van der Waals surface area contributed by atoms with Crippen LogP contribution >= 0.6 is 11.6 Å². The molecule has 2 atom stereocenters. The summed E-state index contributed by atoms with van der Waals surface area (Å²) in [6, 6.07) is 2.58. The van der Waals surface area contributed by atoms with Gasteiger partial charge in [0.2, 0.25) is 5.60 Å². The summed E-state index contributed by atoms with van der Waals surface area (Å²) in [6.45, 7) is 1.21. The first kappa shape index (κ1) is 25.8. The molecule has 14 heteroatoms. The minimum absolute atomic E-state index is 0.0571. The standard InChI is InChI=1S/C20H16ClF7N4O2/c1-17(8-34-18(2,16(29)32-17)20(26,27)28)15-12(22)4-3-10(31-15)6-13(33)14-11(21)5-9(7-30-14)19(23,24)25/h3-5,7H,6,8H2,1-2H3,(H2,29,32)/t17-,18+/m0/s1. The Kier molecular flexibility index (Phi) is 6.42. The number of pyridine rings is 2. The number of rotatable bonds is 4. The first-order chi connectivity index (χ1) is 15.5. The van der Waals surface area contributed by atoms with Gasteiger partial charge in [0, 0.05) is 11.9 Å². The molecule has 3 rings (SSSR count). The second kappa shape index (κ2) is 8.45. The lowest BCUT2D eigenvalue weighted by Gasteiger charge is -2.40. The Morgan fingerprint density at radius 3 is 2.38 bits per heavy atom. The third-order valence-electron chi connectivity index (χ3n) is 5.23. The van der Waals surface area contributed by atoms with Crippen LogP contribution in [0.5, 0.6) is 0 Å². The quantitative estimate of drug-likeness (QED) is 0.476. The predicted molar refractivity (Wildman–Crippen MR) is 106 cm³/mol. The van der Waals surface area contributed by atoms with E-state index >= 15 is 0 Å². The Hall–Kier alpha value is -2.80. The molecule has 0 aromatic carbocycles. The molecule has 34 heavy (non-hydrogen) atoms. The van der Waals surface area contributed by atoms with Crippen LogP contribution in [0.15, 0.2) is 29.4 Å². The molecule has 2 aromatic rings. The van der Waals surface area contributed by atoms with E-state index in [4.69, 9.17) is 22.1 Å². The van der Waals surface area contributed by atoms with Gasteiger partial charge in [0.25, 0.3) is 0 Å². The minimum atomic E-state index is -4.88. The van der Waals surface area contributed by atoms with E-state index in [1.54, 1.807) is 0 Å². The number of alkyl halides is 6. The zero-order valence-corrected chi connectivity index (χ0v) is 18.2. The summed E-state index contributed by atoms with van der Waals surface area (Å²) in [5, 5.41) is -0.543. The van der Waals surface area contributed by atoms with Gasteiger partial charge in [-0.05, 0) is 32.0 Å². The van der Waals surface area contributed by atoms with E-state index in [2.05, 4.69) is 15.0 Å². The van der Waals surface area contributed by atoms with E-state index in [-0.39, 0.29) is 5.69 Å². The maximum absolute atomic E-state index is 14.6. The number of hydrogen-bond donors (Lipinski definition) is 1. The molecule has 0 spiro atoms. The second-order valence-electron chi connectivity index (χ2n) is 7.88. The second-order valence-corrected chi connectivity index (χ2v) is 8.28. The number of Topliss-reactive ketones (excluding diaryl/α,β-unsaturated/α-hetero) is 1. The van der Waals surface area contributed by atoms with E-state index in [1.165, 1.54) is 6.92 Å². The van der Waals surface area contributed by atoms with Crippen LogP contribution in [0, 0.1) is 5.82 Å². The van der Waals surface area contributed by atoms with Gasteiger partial charge in [-0.2, -0.15) is 26.3 Å². The van der Waals surface area contributed by atoms with Crippen molar-refractivity contribution in [2.24, 2.45) is 10.7 Å². The van der Waals surface area contributed by atoms with Crippen molar-refractivity contribution in [2.45, 2.75) is 43.8 Å². The van der Waals surface area contributed by atoms with Crippen LogP contribution in [0.3, 0.4) is 0 Å². The van der Waals surface area contributed by atoms with Crippen LogP contribution in [-0.2, 0) is 22.9 Å².